The second-order valence-corrected chi connectivity index (χ2v) is 8.24. The summed E-state index contributed by atoms with van der Waals surface area (Å²) in [6.45, 7) is 6.31. The van der Waals surface area contributed by atoms with Gasteiger partial charge in [0.2, 0.25) is 0 Å². The zero-order valence-corrected chi connectivity index (χ0v) is 18.8. The van der Waals surface area contributed by atoms with Gasteiger partial charge in [-0.15, -0.1) is 0 Å². The van der Waals surface area contributed by atoms with Gasteiger partial charge in [-0.05, 0) is 28.8 Å². The molecular formula is C28H32N2O2. The minimum atomic E-state index is -0.135. The van der Waals surface area contributed by atoms with E-state index in [1.807, 2.05) is 6.92 Å². The van der Waals surface area contributed by atoms with Gasteiger partial charge in [-0.1, -0.05) is 79.7 Å². The third-order valence-corrected chi connectivity index (χ3v) is 6.15. The Hall–Kier alpha value is -3.11. The predicted molar refractivity (Wildman–Crippen MR) is 130 cm³/mol. The summed E-state index contributed by atoms with van der Waals surface area (Å²) in [4.78, 5) is 16.3. The molecule has 1 saturated heterocycles. The van der Waals surface area contributed by atoms with E-state index in [0.29, 0.717) is 13.0 Å². The van der Waals surface area contributed by atoms with E-state index in [4.69, 9.17) is 4.74 Å². The SMILES string of the molecule is CCC(=O)OCCc1ccc(N2CCN(C(c3ccccc3)c3ccccc3)CC2)cc1. The molecule has 1 heterocycles. The summed E-state index contributed by atoms with van der Waals surface area (Å²) in [5.41, 5.74) is 5.15. The molecule has 0 radical (unpaired) electrons. The van der Waals surface area contributed by atoms with Crippen molar-refractivity contribution in [2.75, 3.05) is 37.7 Å². The van der Waals surface area contributed by atoms with Crippen LogP contribution in [0.4, 0.5) is 5.69 Å². The predicted octanol–water partition coefficient (Wildman–Crippen LogP) is 5.09. The average Bonchev–Trinajstić information content (AvgIpc) is 2.86. The summed E-state index contributed by atoms with van der Waals surface area (Å²) in [6.07, 6.45) is 1.19. The van der Waals surface area contributed by atoms with Crippen LogP contribution in [0.25, 0.3) is 0 Å². The first-order valence-electron chi connectivity index (χ1n) is 11.6. The van der Waals surface area contributed by atoms with E-state index in [0.717, 1.165) is 32.6 Å². The molecule has 0 N–H and O–H groups in total. The van der Waals surface area contributed by atoms with Gasteiger partial charge in [-0.25, -0.2) is 0 Å². The number of hydrogen-bond acceptors (Lipinski definition) is 4. The molecule has 4 nitrogen and oxygen atoms in total. The molecule has 4 rings (SSSR count). The molecule has 4 heteroatoms. The fourth-order valence-corrected chi connectivity index (χ4v) is 4.38. The molecule has 0 saturated carbocycles. The summed E-state index contributed by atoms with van der Waals surface area (Å²) >= 11 is 0. The van der Waals surface area contributed by atoms with Crippen LogP contribution in [0.3, 0.4) is 0 Å². The van der Waals surface area contributed by atoms with Crippen LogP contribution in [0.2, 0.25) is 0 Å². The van der Waals surface area contributed by atoms with Crippen LogP contribution in [0, 0.1) is 0 Å². The normalized spacial score (nSPS) is 14.5. The van der Waals surface area contributed by atoms with E-state index < -0.39 is 0 Å². The first-order valence-corrected chi connectivity index (χ1v) is 11.6. The second-order valence-electron chi connectivity index (χ2n) is 8.24. The van der Waals surface area contributed by atoms with Crippen LogP contribution < -0.4 is 4.90 Å². The second kappa shape index (κ2) is 11.0. The van der Waals surface area contributed by atoms with Gasteiger partial charge in [0.05, 0.1) is 12.6 Å². The molecule has 0 spiro atoms. The number of hydrogen-bond donors (Lipinski definition) is 0. The molecule has 32 heavy (non-hydrogen) atoms. The summed E-state index contributed by atoms with van der Waals surface area (Å²) in [5.74, 6) is -0.135. The van der Waals surface area contributed by atoms with Crippen molar-refractivity contribution in [1.29, 1.82) is 0 Å². The van der Waals surface area contributed by atoms with Crippen LogP contribution in [0.15, 0.2) is 84.9 Å². The standard InChI is InChI=1S/C28H32N2O2/c1-2-27(31)32-22-17-23-13-15-26(16-14-23)29-18-20-30(21-19-29)28(24-9-5-3-6-10-24)25-11-7-4-8-12-25/h3-16,28H,2,17-22H2,1H3. The lowest BCUT2D eigenvalue weighted by atomic mass is 9.96. The number of rotatable bonds is 8. The topological polar surface area (TPSA) is 32.8 Å². The Kier molecular flexibility index (Phi) is 7.57. The molecule has 0 aromatic heterocycles. The molecule has 0 aliphatic carbocycles. The highest BCUT2D eigenvalue weighted by molar-refractivity contribution is 5.68. The fraction of sp³-hybridized carbons (Fsp3) is 0.321. The van der Waals surface area contributed by atoms with E-state index in [-0.39, 0.29) is 12.0 Å². The molecular weight excluding hydrogens is 396 g/mol. The summed E-state index contributed by atoms with van der Waals surface area (Å²) in [5, 5.41) is 0. The molecule has 3 aromatic rings. The molecule has 1 fully saturated rings. The highest BCUT2D eigenvalue weighted by Crippen LogP contribution is 2.30. The van der Waals surface area contributed by atoms with Crippen molar-refractivity contribution in [3.05, 3.63) is 102 Å². The van der Waals surface area contributed by atoms with Gasteiger partial charge >= 0.3 is 5.97 Å². The number of ether oxygens (including phenoxy) is 1. The molecule has 3 aromatic carbocycles. The van der Waals surface area contributed by atoms with Gasteiger partial charge in [0, 0.05) is 44.7 Å². The zero-order valence-electron chi connectivity index (χ0n) is 18.8. The number of benzene rings is 3. The molecule has 0 unspecified atom stereocenters. The Morgan fingerprint density at radius 1 is 0.812 bits per heavy atom. The molecule has 1 aliphatic rings. The third kappa shape index (κ3) is 5.57. The largest absolute Gasteiger partial charge is 0.465 e. The molecule has 166 valence electrons. The number of nitrogens with zero attached hydrogens (tertiary/aromatic N) is 2. The van der Waals surface area contributed by atoms with Crippen molar-refractivity contribution in [2.45, 2.75) is 25.8 Å². The molecule has 1 aliphatic heterocycles. The van der Waals surface area contributed by atoms with E-state index in [2.05, 4.69) is 94.7 Å². The minimum absolute atomic E-state index is 0.135. The Balaban J connectivity index is 1.38. The number of carbonyl (C=O) groups is 1. The summed E-state index contributed by atoms with van der Waals surface area (Å²) in [6, 6.07) is 30.6. The fourth-order valence-electron chi connectivity index (χ4n) is 4.38. The van der Waals surface area contributed by atoms with E-state index >= 15 is 0 Å². The van der Waals surface area contributed by atoms with Crippen LogP contribution in [-0.4, -0.2) is 43.7 Å². The van der Waals surface area contributed by atoms with Gasteiger partial charge in [0.25, 0.3) is 0 Å². The Morgan fingerprint density at radius 3 is 1.91 bits per heavy atom. The van der Waals surface area contributed by atoms with Crippen molar-refractivity contribution >= 4 is 11.7 Å². The third-order valence-electron chi connectivity index (χ3n) is 6.15. The lowest BCUT2D eigenvalue weighted by molar-refractivity contribution is -0.143. The van der Waals surface area contributed by atoms with E-state index in [1.165, 1.54) is 22.4 Å². The number of piperazine rings is 1. The van der Waals surface area contributed by atoms with Crippen molar-refractivity contribution < 1.29 is 9.53 Å². The quantitative estimate of drug-likeness (QED) is 0.468. The van der Waals surface area contributed by atoms with Crippen LogP contribution in [0.1, 0.15) is 36.1 Å². The lowest BCUT2D eigenvalue weighted by Gasteiger charge is -2.40. The highest BCUT2D eigenvalue weighted by atomic mass is 16.5. The van der Waals surface area contributed by atoms with Gasteiger partial charge in [-0.3, -0.25) is 9.69 Å². The smallest absolute Gasteiger partial charge is 0.305 e. The lowest BCUT2D eigenvalue weighted by Crippen LogP contribution is -2.48. The van der Waals surface area contributed by atoms with Crippen molar-refractivity contribution in [3.63, 3.8) is 0 Å². The summed E-state index contributed by atoms with van der Waals surface area (Å²) < 4.78 is 5.19. The maximum absolute atomic E-state index is 11.3. The van der Waals surface area contributed by atoms with Gasteiger partial charge in [0.15, 0.2) is 0 Å². The minimum Gasteiger partial charge on any atom is -0.465 e. The Morgan fingerprint density at radius 2 is 1.38 bits per heavy atom. The maximum Gasteiger partial charge on any atom is 0.305 e. The Bertz CT molecular complexity index is 926. The maximum atomic E-state index is 11.3. The zero-order chi connectivity index (χ0) is 22.2. The van der Waals surface area contributed by atoms with E-state index in [1.54, 1.807) is 0 Å². The molecule has 0 bridgehead atoms. The van der Waals surface area contributed by atoms with Crippen LogP contribution >= 0.6 is 0 Å². The first kappa shape index (κ1) is 22.1. The van der Waals surface area contributed by atoms with Crippen molar-refractivity contribution in [1.82, 2.24) is 4.90 Å². The number of carbonyl (C=O) groups excluding carboxylic acids is 1. The first-order chi connectivity index (χ1) is 15.7. The van der Waals surface area contributed by atoms with E-state index in [9.17, 15) is 4.79 Å². The van der Waals surface area contributed by atoms with Crippen molar-refractivity contribution in [3.8, 4) is 0 Å². The molecule has 0 amide bonds. The van der Waals surface area contributed by atoms with Gasteiger partial charge in [0.1, 0.15) is 0 Å². The summed E-state index contributed by atoms with van der Waals surface area (Å²) in [7, 11) is 0. The monoisotopic (exact) mass is 428 g/mol. The highest BCUT2D eigenvalue weighted by Gasteiger charge is 2.26. The van der Waals surface area contributed by atoms with Crippen LogP contribution in [-0.2, 0) is 16.0 Å². The average molecular weight is 429 g/mol. The van der Waals surface area contributed by atoms with Crippen molar-refractivity contribution in [2.24, 2.45) is 0 Å². The number of esters is 1. The Labute approximate surface area is 191 Å². The van der Waals surface area contributed by atoms with Gasteiger partial charge in [-0.2, -0.15) is 0 Å². The molecule has 0 atom stereocenters. The number of anilines is 1. The van der Waals surface area contributed by atoms with Crippen LogP contribution in [0.5, 0.6) is 0 Å². The van der Waals surface area contributed by atoms with Gasteiger partial charge < -0.3 is 9.64 Å².